The van der Waals surface area contributed by atoms with Crippen molar-refractivity contribution >= 4 is 35.0 Å². The Labute approximate surface area is 200 Å². The lowest BCUT2D eigenvalue weighted by molar-refractivity contribution is -0.131. The minimum atomic E-state index is -0.0528. The fourth-order valence-electron chi connectivity index (χ4n) is 5.25. The molecule has 34 heavy (non-hydrogen) atoms. The van der Waals surface area contributed by atoms with E-state index in [4.69, 9.17) is 4.98 Å². The highest BCUT2D eigenvalue weighted by atomic mass is 16.2. The molecule has 0 saturated carbocycles. The largest absolute Gasteiger partial charge is 0.368 e. The molecule has 3 aliphatic rings. The zero-order valence-corrected chi connectivity index (χ0v) is 20.0. The van der Waals surface area contributed by atoms with Crippen LogP contribution in [-0.4, -0.2) is 78.5 Å². The first kappa shape index (κ1) is 22.4. The highest BCUT2D eigenvalue weighted by Crippen LogP contribution is 2.35. The molecular formula is C25H33N7O2. The van der Waals surface area contributed by atoms with Crippen LogP contribution in [0.4, 0.5) is 23.1 Å². The number of rotatable bonds is 5. The van der Waals surface area contributed by atoms with Crippen LogP contribution in [0.15, 0.2) is 30.5 Å². The molecule has 1 aromatic heterocycles. The molecule has 2 saturated heterocycles. The number of nitrogens with one attached hydrogen (secondary N) is 1. The van der Waals surface area contributed by atoms with Crippen LogP contribution in [0.5, 0.6) is 0 Å². The third kappa shape index (κ3) is 4.15. The molecule has 180 valence electrons. The maximum Gasteiger partial charge on any atom is 0.263 e. The Morgan fingerprint density at radius 1 is 1.12 bits per heavy atom. The molecule has 9 heteroatoms. The first-order chi connectivity index (χ1) is 16.6. The van der Waals surface area contributed by atoms with Crippen molar-refractivity contribution in [2.75, 3.05) is 65.8 Å². The maximum atomic E-state index is 13.7. The van der Waals surface area contributed by atoms with Crippen LogP contribution in [0.1, 0.15) is 43.5 Å². The molecule has 0 spiro atoms. The fourth-order valence-corrected chi connectivity index (χ4v) is 5.25. The lowest BCUT2D eigenvalue weighted by Gasteiger charge is -2.36. The average Bonchev–Trinajstić information content (AvgIpc) is 3.31. The number of carbonyl (C=O) groups is 2. The van der Waals surface area contributed by atoms with Gasteiger partial charge in [0.1, 0.15) is 11.4 Å². The number of piperazine rings is 1. The van der Waals surface area contributed by atoms with Crippen molar-refractivity contribution in [3.8, 4) is 0 Å². The minimum absolute atomic E-state index is 0.0528. The molecule has 1 aromatic carbocycles. The topological polar surface area (TPSA) is 84.9 Å². The summed E-state index contributed by atoms with van der Waals surface area (Å²) in [5.41, 5.74) is 2.54. The predicted molar refractivity (Wildman–Crippen MR) is 134 cm³/mol. The summed E-state index contributed by atoms with van der Waals surface area (Å²) < 4.78 is 0. The van der Waals surface area contributed by atoms with Crippen molar-refractivity contribution in [3.63, 3.8) is 0 Å². The first-order valence-electron chi connectivity index (χ1n) is 12.4. The van der Waals surface area contributed by atoms with Gasteiger partial charge in [0.05, 0.1) is 0 Å². The van der Waals surface area contributed by atoms with Gasteiger partial charge in [0.2, 0.25) is 11.9 Å². The molecule has 0 radical (unpaired) electrons. The van der Waals surface area contributed by atoms with Gasteiger partial charge in [0.25, 0.3) is 5.91 Å². The van der Waals surface area contributed by atoms with Gasteiger partial charge in [0.15, 0.2) is 0 Å². The third-order valence-electron chi connectivity index (χ3n) is 7.06. The van der Waals surface area contributed by atoms with Crippen molar-refractivity contribution in [2.24, 2.45) is 0 Å². The van der Waals surface area contributed by atoms with Gasteiger partial charge in [-0.1, -0.05) is 13.0 Å². The highest BCUT2D eigenvalue weighted by Gasteiger charge is 2.37. The quantitative estimate of drug-likeness (QED) is 0.730. The van der Waals surface area contributed by atoms with Crippen molar-refractivity contribution in [2.45, 2.75) is 39.2 Å². The summed E-state index contributed by atoms with van der Waals surface area (Å²) in [5, 5.41) is 3.17. The molecule has 0 bridgehead atoms. The highest BCUT2D eigenvalue weighted by molar-refractivity contribution is 6.10. The molecule has 3 aliphatic heterocycles. The third-order valence-corrected chi connectivity index (χ3v) is 7.06. The molecule has 2 fully saturated rings. The van der Waals surface area contributed by atoms with E-state index in [1.807, 2.05) is 35.8 Å². The molecule has 2 aromatic rings. The number of benzene rings is 1. The number of anilines is 4. The minimum Gasteiger partial charge on any atom is -0.368 e. The summed E-state index contributed by atoms with van der Waals surface area (Å²) in [4.78, 5) is 43.3. The van der Waals surface area contributed by atoms with E-state index in [2.05, 4.69) is 32.2 Å². The summed E-state index contributed by atoms with van der Waals surface area (Å²) in [7, 11) is 0. The van der Waals surface area contributed by atoms with Gasteiger partial charge in [-0.3, -0.25) is 9.59 Å². The average molecular weight is 464 g/mol. The standard InChI is InChI=1S/C25H33N7O2/c1-3-22(33)30-13-11-29(12-14-30)18-7-5-8-19(15-18)32-17-20-9-6-10-31(20)23-21(24(32)34)16-27-25(28-23)26-4-2/h5,7-8,15-16,20H,3-4,6,9-14,17H2,1-2H3,(H,26,27,28). The Bertz CT molecular complexity index is 1070. The molecule has 1 unspecified atom stereocenters. The monoisotopic (exact) mass is 463 g/mol. The smallest absolute Gasteiger partial charge is 0.263 e. The number of aromatic nitrogens is 2. The Hall–Kier alpha value is -3.36. The second kappa shape index (κ2) is 9.48. The van der Waals surface area contributed by atoms with Crippen molar-refractivity contribution < 1.29 is 9.59 Å². The van der Waals surface area contributed by atoms with Crippen molar-refractivity contribution in [3.05, 3.63) is 36.0 Å². The van der Waals surface area contributed by atoms with E-state index in [0.29, 0.717) is 24.5 Å². The molecule has 2 amide bonds. The van der Waals surface area contributed by atoms with E-state index >= 15 is 0 Å². The normalized spacial score (nSPS) is 20.2. The van der Waals surface area contributed by atoms with E-state index in [9.17, 15) is 9.59 Å². The van der Waals surface area contributed by atoms with E-state index < -0.39 is 0 Å². The molecule has 1 atom stereocenters. The van der Waals surface area contributed by atoms with Crippen LogP contribution < -0.4 is 20.0 Å². The summed E-state index contributed by atoms with van der Waals surface area (Å²) in [6.07, 6.45) is 4.35. The molecular weight excluding hydrogens is 430 g/mol. The van der Waals surface area contributed by atoms with E-state index in [1.54, 1.807) is 6.20 Å². The SMILES string of the molecule is CCNc1ncc2c(n1)N1CCCC1CN(c1cccc(N3CCN(C(=O)CC)CC3)c1)C2=O. The molecule has 5 rings (SSSR count). The summed E-state index contributed by atoms with van der Waals surface area (Å²) in [6.45, 7) is 9.24. The number of nitrogens with zero attached hydrogens (tertiary/aromatic N) is 6. The summed E-state index contributed by atoms with van der Waals surface area (Å²) >= 11 is 0. The number of fused-ring (bicyclic) bond motifs is 3. The van der Waals surface area contributed by atoms with Gasteiger partial charge in [-0.05, 0) is 38.0 Å². The number of carbonyl (C=O) groups excluding carboxylic acids is 2. The van der Waals surface area contributed by atoms with Crippen molar-refractivity contribution in [1.82, 2.24) is 14.9 Å². The number of hydrogen-bond donors (Lipinski definition) is 1. The van der Waals surface area contributed by atoms with E-state index in [0.717, 1.165) is 69.3 Å². The van der Waals surface area contributed by atoms with Crippen molar-refractivity contribution in [1.29, 1.82) is 0 Å². The van der Waals surface area contributed by atoms with Gasteiger partial charge in [-0.25, -0.2) is 4.98 Å². The predicted octanol–water partition coefficient (Wildman–Crippen LogP) is 2.60. The Morgan fingerprint density at radius 2 is 1.91 bits per heavy atom. The Morgan fingerprint density at radius 3 is 2.68 bits per heavy atom. The lowest BCUT2D eigenvalue weighted by Crippen LogP contribution is -2.48. The second-order valence-corrected chi connectivity index (χ2v) is 9.11. The summed E-state index contributed by atoms with van der Waals surface area (Å²) in [5.74, 6) is 1.47. The molecule has 1 N–H and O–H groups in total. The lowest BCUT2D eigenvalue weighted by atomic mass is 10.1. The van der Waals surface area contributed by atoms with Gasteiger partial charge in [-0.15, -0.1) is 0 Å². The van der Waals surface area contributed by atoms with Crippen LogP contribution in [-0.2, 0) is 4.79 Å². The van der Waals surface area contributed by atoms with Crippen LogP contribution in [0.25, 0.3) is 0 Å². The van der Waals surface area contributed by atoms with Gasteiger partial charge < -0.3 is 24.9 Å². The molecule has 9 nitrogen and oxygen atoms in total. The van der Waals surface area contributed by atoms with Crippen LogP contribution in [0.2, 0.25) is 0 Å². The summed E-state index contributed by atoms with van der Waals surface area (Å²) in [6, 6.07) is 8.46. The molecule has 4 heterocycles. The number of hydrogen-bond acceptors (Lipinski definition) is 7. The van der Waals surface area contributed by atoms with Gasteiger partial charge >= 0.3 is 0 Å². The maximum absolute atomic E-state index is 13.7. The Kier molecular flexibility index (Phi) is 6.26. The van der Waals surface area contributed by atoms with Gasteiger partial charge in [-0.2, -0.15) is 4.98 Å². The van der Waals surface area contributed by atoms with Gasteiger partial charge in [0, 0.05) is 75.8 Å². The second-order valence-electron chi connectivity index (χ2n) is 9.11. The van der Waals surface area contributed by atoms with Crippen LogP contribution in [0.3, 0.4) is 0 Å². The zero-order valence-electron chi connectivity index (χ0n) is 20.0. The molecule has 0 aliphatic carbocycles. The van der Waals surface area contributed by atoms with Crippen LogP contribution >= 0.6 is 0 Å². The zero-order chi connectivity index (χ0) is 23.7. The number of amides is 2. The van der Waals surface area contributed by atoms with Crippen LogP contribution in [0, 0.1) is 0 Å². The van der Waals surface area contributed by atoms with E-state index in [-0.39, 0.29) is 17.9 Å². The fraction of sp³-hybridized carbons (Fsp3) is 0.520. The Balaban J connectivity index is 1.42. The van der Waals surface area contributed by atoms with E-state index in [1.165, 1.54) is 0 Å². The first-order valence-corrected chi connectivity index (χ1v) is 12.4.